The molecule has 0 aliphatic rings. The van der Waals surface area contributed by atoms with Crippen LogP contribution in [0.25, 0.3) is 0 Å². The molecule has 4 heteroatoms. The van der Waals surface area contributed by atoms with Crippen LogP contribution in [-0.2, 0) is 6.54 Å². The third-order valence-corrected chi connectivity index (χ3v) is 2.00. The fraction of sp³-hybridized carbons (Fsp3) is 0.182. The lowest BCUT2D eigenvalue weighted by molar-refractivity contribution is 0.384. The van der Waals surface area contributed by atoms with Crippen molar-refractivity contribution in [1.82, 2.24) is 5.16 Å². The highest BCUT2D eigenvalue weighted by molar-refractivity contribution is 5.44. The number of aryl methyl sites for hydroxylation is 1. The maximum absolute atomic E-state index is 13.2. The molecular weight excluding hydrogens is 195 g/mol. The van der Waals surface area contributed by atoms with Crippen LogP contribution >= 0.6 is 0 Å². The van der Waals surface area contributed by atoms with Crippen LogP contribution < -0.4 is 5.32 Å². The van der Waals surface area contributed by atoms with Crippen molar-refractivity contribution in [2.75, 3.05) is 5.32 Å². The molecule has 0 saturated heterocycles. The first kappa shape index (κ1) is 9.71. The molecule has 2 rings (SSSR count). The first-order valence-electron chi connectivity index (χ1n) is 4.66. The minimum absolute atomic E-state index is 0.270. The Kier molecular flexibility index (Phi) is 2.67. The van der Waals surface area contributed by atoms with Gasteiger partial charge in [-0.3, -0.25) is 0 Å². The molecule has 0 spiro atoms. The number of aromatic nitrogens is 1. The summed E-state index contributed by atoms with van der Waals surface area (Å²) in [4.78, 5) is 0. The van der Waals surface area contributed by atoms with Gasteiger partial charge in [0.25, 0.3) is 0 Å². The van der Waals surface area contributed by atoms with Crippen LogP contribution in [0.1, 0.15) is 11.5 Å². The molecule has 0 amide bonds. The van der Waals surface area contributed by atoms with Crippen molar-refractivity contribution in [3.05, 3.63) is 47.6 Å². The summed E-state index contributed by atoms with van der Waals surface area (Å²) in [6.45, 7) is 2.28. The Hall–Kier alpha value is -1.84. The quantitative estimate of drug-likeness (QED) is 0.839. The molecule has 0 aliphatic heterocycles. The van der Waals surface area contributed by atoms with Crippen LogP contribution in [0.4, 0.5) is 10.1 Å². The summed E-state index contributed by atoms with van der Waals surface area (Å²) < 4.78 is 18.2. The van der Waals surface area contributed by atoms with E-state index in [1.165, 1.54) is 6.07 Å². The van der Waals surface area contributed by atoms with Gasteiger partial charge < -0.3 is 9.84 Å². The number of hydrogen-bond donors (Lipinski definition) is 1. The van der Waals surface area contributed by atoms with Gasteiger partial charge in [0, 0.05) is 6.07 Å². The average Bonchev–Trinajstić information content (AvgIpc) is 2.63. The van der Waals surface area contributed by atoms with Gasteiger partial charge in [-0.2, -0.15) is 0 Å². The molecule has 0 saturated carbocycles. The molecule has 3 nitrogen and oxygen atoms in total. The highest BCUT2D eigenvalue weighted by atomic mass is 19.1. The Balaban J connectivity index is 2.02. The van der Waals surface area contributed by atoms with Crippen molar-refractivity contribution in [3.8, 4) is 0 Å². The Morgan fingerprint density at radius 2 is 2.20 bits per heavy atom. The number of anilines is 1. The van der Waals surface area contributed by atoms with Gasteiger partial charge in [-0.1, -0.05) is 17.3 Å². The third-order valence-electron chi connectivity index (χ3n) is 2.00. The molecule has 1 aromatic carbocycles. The molecule has 0 atom stereocenters. The summed E-state index contributed by atoms with van der Waals surface area (Å²) in [5.41, 5.74) is 1.28. The van der Waals surface area contributed by atoms with E-state index in [1.807, 2.05) is 13.0 Å². The molecular formula is C11H11FN2O. The Bertz CT molecular complexity index is 453. The first-order valence-corrected chi connectivity index (χ1v) is 4.66. The fourth-order valence-electron chi connectivity index (χ4n) is 1.29. The highest BCUT2D eigenvalue weighted by Crippen LogP contribution is 2.13. The second kappa shape index (κ2) is 4.13. The van der Waals surface area contributed by atoms with Crippen molar-refractivity contribution in [2.45, 2.75) is 13.5 Å². The molecule has 78 valence electrons. The molecule has 15 heavy (non-hydrogen) atoms. The van der Waals surface area contributed by atoms with Crippen molar-refractivity contribution in [3.63, 3.8) is 0 Å². The van der Waals surface area contributed by atoms with Crippen LogP contribution in [0, 0.1) is 12.7 Å². The lowest BCUT2D eigenvalue weighted by Gasteiger charge is -2.03. The van der Waals surface area contributed by atoms with Gasteiger partial charge >= 0.3 is 0 Å². The van der Waals surface area contributed by atoms with E-state index in [9.17, 15) is 4.39 Å². The summed E-state index contributed by atoms with van der Waals surface area (Å²) in [6.07, 6.45) is 0. The molecule has 1 heterocycles. The Morgan fingerprint density at radius 3 is 2.87 bits per heavy atom. The predicted octanol–water partition coefficient (Wildman–Crippen LogP) is 2.73. The zero-order chi connectivity index (χ0) is 10.7. The van der Waals surface area contributed by atoms with Gasteiger partial charge in [0.05, 0.1) is 17.9 Å². The molecule has 0 unspecified atom stereocenters. The number of benzene rings is 1. The van der Waals surface area contributed by atoms with Gasteiger partial charge in [0.15, 0.2) is 5.76 Å². The molecule has 2 aromatic rings. The van der Waals surface area contributed by atoms with E-state index in [1.54, 1.807) is 18.2 Å². The van der Waals surface area contributed by atoms with Crippen LogP contribution in [0.15, 0.2) is 34.9 Å². The molecule has 1 N–H and O–H groups in total. The molecule has 0 radical (unpaired) electrons. The minimum Gasteiger partial charge on any atom is -0.375 e. The van der Waals surface area contributed by atoms with E-state index in [-0.39, 0.29) is 5.82 Å². The van der Waals surface area contributed by atoms with Crippen LogP contribution in [0.2, 0.25) is 0 Å². The van der Waals surface area contributed by atoms with Gasteiger partial charge in [-0.25, -0.2) is 4.39 Å². The topological polar surface area (TPSA) is 38.1 Å². The zero-order valence-electron chi connectivity index (χ0n) is 8.33. The SMILES string of the molecule is Cc1cc(CNc2ccccc2F)on1. The lowest BCUT2D eigenvalue weighted by Crippen LogP contribution is -1.99. The van der Waals surface area contributed by atoms with Gasteiger partial charge in [-0.15, -0.1) is 0 Å². The van der Waals surface area contributed by atoms with Crippen molar-refractivity contribution >= 4 is 5.69 Å². The Morgan fingerprint density at radius 1 is 1.40 bits per heavy atom. The third kappa shape index (κ3) is 2.34. The average molecular weight is 206 g/mol. The fourth-order valence-corrected chi connectivity index (χ4v) is 1.29. The maximum atomic E-state index is 13.2. The van der Waals surface area contributed by atoms with E-state index in [2.05, 4.69) is 10.5 Å². The van der Waals surface area contributed by atoms with Crippen molar-refractivity contribution < 1.29 is 8.91 Å². The normalized spacial score (nSPS) is 10.3. The summed E-state index contributed by atoms with van der Waals surface area (Å²) in [5, 5.41) is 6.68. The van der Waals surface area contributed by atoms with E-state index in [0.29, 0.717) is 18.0 Å². The maximum Gasteiger partial charge on any atom is 0.156 e. The lowest BCUT2D eigenvalue weighted by atomic mass is 10.3. The largest absolute Gasteiger partial charge is 0.375 e. The standard InChI is InChI=1S/C11H11FN2O/c1-8-6-9(15-14-8)7-13-11-5-3-2-4-10(11)12/h2-6,13H,7H2,1H3. The molecule has 0 aliphatic carbocycles. The second-order valence-corrected chi connectivity index (χ2v) is 3.27. The summed E-state index contributed by atoms with van der Waals surface area (Å²) in [6, 6.07) is 8.33. The zero-order valence-corrected chi connectivity index (χ0v) is 8.33. The number of nitrogens with one attached hydrogen (secondary N) is 1. The molecule has 0 bridgehead atoms. The minimum atomic E-state index is -0.270. The Labute approximate surface area is 86.9 Å². The van der Waals surface area contributed by atoms with E-state index >= 15 is 0 Å². The first-order chi connectivity index (χ1) is 7.25. The summed E-state index contributed by atoms with van der Waals surface area (Å²) in [5.74, 6) is 0.421. The number of hydrogen-bond acceptors (Lipinski definition) is 3. The summed E-state index contributed by atoms with van der Waals surface area (Å²) >= 11 is 0. The predicted molar refractivity (Wildman–Crippen MR) is 55.0 cm³/mol. The smallest absolute Gasteiger partial charge is 0.156 e. The van der Waals surface area contributed by atoms with E-state index in [0.717, 1.165) is 5.69 Å². The number of nitrogens with zero attached hydrogens (tertiary/aromatic N) is 1. The monoisotopic (exact) mass is 206 g/mol. The van der Waals surface area contributed by atoms with Crippen LogP contribution in [0.5, 0.6) is 0 Å². The van der Waals surface area contributed by atoms with Gasteiger partial charge in [-0.05, 0) is 19.1 Å². The van der Waals surface area contributed by atoms with Crippen molar-refractivity contribution in [1.29, 1.82) is 0 Å². The molecule has 1 aromatic heterocycles. The second-order valence-electron chi connectivity index (χ2n) is 3.27. The van der Waals surface area contributed by atoms with Crippen LogP contribution in [-0.4, -0.2) is 5.16 Å². The number of para-hydroxylation sites is 1. The van der Waals surface area contributed by atoms with Gasteiger partial charge in [0.2, 0.25) is 0 Å². The summed E-state index contributed by atoms with van der Waals surface area (Å²) in [7, 11) is 0. The van der Waals surface area contributed by atoms with Gasteiger partial charge in [0.1, 0.15) is 5.82 Å². The number of rotatable bonds is 3. The van der Waals surface area contributed by atoms with E-state index < -0.39 is 0 Å². The van der Waals surface area contributed by atoms with E-state index in [4.69, 9.17) is 4.52 Å². The number of halogens is 1. The highest BCUT2D eigenvalue weighted by Gasteiger charge is 2.02. The molecule has 0 fully saturated rings. The van der Waals surface area contributed by atoms with Crippen molar-refractivity contribution in [2.24, 2.45) is 0 Å². The van der Waals surface area contributed by atoms with Crippen LogP contribution in [0.3, 0.4) is 0 Å².